The van der Waals surface area contributed by atoms with Crippen molar-refractivity contribution in [2.45, 2.75) is 57.3 Å². The first-order valence-electron chi connectivity index (χ1n) is 6.27. The van der Waals surface area contributed by atoms with Crippen LogP contribution >= 0.6 is 0 Å². The molecule has 2 rings (SSSR count). The number of nitrogens with zero attached hydrogens (tertiary/aromatic N) is 1. The summed E-state index contributed by atoms with van der Waals surface area (Å²) in [6.07, 6.45) is 1.15. The van der Waals surface area contributed by atoms with Gasteiger partial charge in [-0.25, -0.2) is 4.79 Å². The lowest BCUT2D eigenvalue weighted by atomic mass is 10.1. The van der Waals surface area contributed by atoms with Crippen LogP contribution in [0.15, 0.2) is 0 Å². The number of aliphatic carboxylic acids is 1. The Kier molecular flexibility index (Phi) is 3.23. The van der Waals surface area contributed by atoms with Crippen LogP contribution in [0.5, 0.6) is 0 Å². The average molecular weight is 256 g/mol. The van der Waals surface area contributed by atoms with Crippen molar-refractivity contribution in [1.82, 2.24) is 10.2 Å². The summed E-state index contributed by atoms with van der Waals surface area (Å²) in [7, 11) is 0. The van der Waals surface area contributed by atoms with Crippen molar-refractivity contribution >= 4 is 12.1 Å². The van der Waals surface area contributed by atoms with E-state index in [0.717, 1.165) is 6.42 Å². The standard InChI is InChI=1S/C12H20N2O4/c1-12(2,3)18-11(17)14-7-4-5-8(14)9(10(15)16)13-6-7/h7-9,13H,4-6H2,1-3H3,(H,15,16)/t7-,8+,9+/m1/s1. The molecule has 0 aromatic rings. The molecule has 2 fully saturated rings. The molecule has 0 radical (unpaired) electrons. The lowest BCUT2D eigenvalue weighted by molar-refractivity contribution is -0.142. The van der Waals surface area contributed by atoms with Crippen LogP contribution < -0.4 is 5.32 Å². The van der Waals surface area contributed by atoms with Crippen LogP contribution in [0, 0.1) is 0 Å². The van der Waals surface area contributed by atoms with Gasteiger partial charge in [-0.2, -0.15) is 0 Å². The zero-order valence-corrected chi connectivity index (χ0v) is 11.0. The fourth-order valence-corrected chi connectivity index (χ4v) is 2.69. The minimum Gasteiger partial charge on any atom is -0.480 e. The van der Waals surface area contributed by atoms with E-state index >= 15 is 0 Å². The third-order valence-electron chi connectivity index (χ3n) is 3.37. The van der Waals surface area contributed by atoms with E-state index in [1.807, 2.05) is 20.8 Å². The van der Waals surface area contributed by atoms with Crippen molar-refractivity contribution in [3.63, 3.8) is 0 Å². The highest BCUT2D eigenvalue weighted by Gasteiger charge is 2.48. The summed E-state index contributed by atoms with van der Waals surface area (Å²) in [5.74, 6) is -0.908. The monoisotopic (exact) mass is 256 g/mol. The van der Waals surface area contributed by atoms with Crippen molar-refractivity contribution in [2.75, 3.05) is 6.54 Å². The minimum atomic E-state index is -0.908. The number of carbonyl (C=O) groups excluding carboxylic acids is 1. The second-order valence-corrected chi connectivity index (χ2v) is 5.91. The fourth-order valence-electron chi connectivity index (χ4n) is 2.69. The van der Waals surface area contributed by atoms with E-state index in [-0.39, 0.29) is 12.1 Å². The summed E-state index contributed by atoms with van der Waals surface area (Å²) in [6.45, 7) is 5.95. The highest BCUT2D eigenvalue weighted by atomic mass is 16.6. The number of hydrogen-bond acceptors (Lipinski definition) is 4. The number of ether oxygens (including phenoxy) is 1. The lowest BCUT2D eigenvalue weighted by Gasteiger charge is -2.39. The molecule has 102 valence electrons. The van der Waals surface area contributed by atoms with Crippen LogP contribution in [0.1, 0.15) is 33.6 Å². The molecular weight excluding hydrogens is 236 g/mol. The van der Waals surface area contributed by atoms with E-state index in [0.29, 0.717) is 13.0 Å². The number of amides is 1. The summed E-state index contributed by atoms with van der Waals surface area (Å²) >= 11 is 0. The molecule has 0 unspecified atom stereocenters. The molecule has 2 heterocycles. The fraction of sp³-hybridized carbons (Fsp3) is 0.833. The predicted molar refractivity (Wildman–Crippen MR) is 64.3 cm³/mol. The summed E-state index contributed by atoms with van der Waals surface area (Å²) in [5, 5.41) is 12.1. The van der Waals surface area contributed by atoms with Crippen LogP contribution in [0.2, 0.25) is 0 Å². The Morgan fingerprint density at radius 3 is 2.56 bits per heavy atom. The maximum Gasteiger partial charge on any atom is 0.410 e. The molecule has 2 bridgehead atoms. The van der Waals surface area contributed by atoms with Gasteiger partial charge in [0.15, 0.2) is 0 Å². The maximum atomic E-state index is 12.1. The number of fused-ring (bicyclic) bond motifs is 2. The van der Waals surface area contributed by atoms with Crippen molar-refractivity contribution < 1.29 is 19.4 Å². The molecule has 6 heteroatoms. The average Bonchev–Trinajstić information content (AvgIpc) is 2.49. The van der Waals surface area contributed by atoms with Crippen molar-refractivity contribution in [3.8, 4) is 0 Å². The van der Waals surface area contributed by atoms with Gasteiger partial charge in [0.1, 0.15) is 11.6 Å². The summed E-state index contributed by atoms with van der Waals surface area (Å²) < 4.78 is 5.35. The van der Waals surface area contributed by atoms with Gasteiger partial charge < -0.3 is 15.2 Å². The molecule has 2 aliphatic rings. The van der Waals surface area contributed by atoms with Crippen LogP contribution in [-0.2, 0) is 9.53 Å². The van der Waals surface area contributed by atoms with Crippen LogP contribution in [0.25, 0.3) is 0 Å². The maximum absolute atomic E-state index is 12.1. The van der Waals surface area contributed by atoms with E-state index in [1.54, 1.807) is 4.90 Å². The molecule has 3 atom stereocenters. The summed E-state index contributed by atoms with van der Waals surface area (Å²) in [5.41, 5.74) is -0.555. The van der Waals surface area contributed by atoms with Gasteiger partial charge in [-0.15, -0.1) is 0 Å². The highest BCUT2D eigenvalue weighted by Crippen LogP contribution is 2.31. The molecule has 0 aliphatic carbocycles. The Morgan fingerprint density at radius 2 is 2.00 bits per heavy atom. The quantitative estimate of drug-likeness (QED) is 0.726. The van der Waals surface area contributed by atoms with Gasteiger partial charge in [-0.1, -0.05) is 0 Å². The predicted octanol–water partition coefficient (Wildman–Crippen LogP) is 0.811. The molecule has 18 heavy (non-hydrogen) atoms. The molecule has 6 nitrogen and oxygen atoms in total. The SMILES string of the molecule is CC(C)(C)OC(=O)N1[C@@H]2CC[C@H]1[C@@H](C(=O)O)NC2. The smallest absolute Gasteiger partial charge is 0.410 e. The molecule has 0 spiro atoms. The Morgan fingerprint density at radius 1 is 1.33 bits per heavy atom. The molecule has 0 aromatic carbocycles. The number of nitrogens with one attached hydrogen (secondary N) is 1. The van der Waals surface area contributed by atoms with Gasteiger partial charge in [-0.05, 0) is 33.6 Å². The van der Waals surface area contributed by atoms with E-state index in [4.69, 9.17) is 9.84 Å². The highest BCUT2D eigenvalue weighted by molar-refractivity contribution is 5.77. The third kappa shape index (κ3) is 2.43. The minimum absolute atomic E-state index is 0.0560. The van der Waals surface area contributed by atoms with Gasteiger partial charge in [0.2, 0.25) is 0 Å². The molecule has 2 saturated heterocycles. The number of rotatable bonds is 1. The lowest BCUT2D eigenvalue weighted by Crippen LogP contribution is -2.62. The Labute approximate surface area is 106 Å². The zero-order chi connectivity index (χ0) is 13.5. The molecule has 0 saturated carbocycles. The first-order valence-corrected chi connectivity index (χ1v) is 6.27. The number of carbonyl (C=O) groups is 2. The molecule has 2 N–H and O–H groups in total. The van der Waals surface area contributed by atoms with Crippen molar-refractivity contribution in [3.05, 3.63) is 0 Å². The van der Waals surface area contributed by atoms with Gasteiger partial charge in [0.05, 0.1) is 6.04 Å². The van der Waals surface area contributed by atoms with Crippen molar-refractivity contribution in [2.24, 2.45) is 0 Å². The van der Waals surface area contributed by atoms with Gasteiger partial charge in [-0.3, -0.25) is 9.69 Å². The number of piperazine rings is 1. The molecule has 0 aromatic heterocycles. The molecule has 1 amide bonds. The van der Waals surface area contributed by atoms with Crippen molar-refractivity contribution in [1.29, 1.82) is 0 Å². The number of hydrogen-bond donors (Lipinski definition) is 2. The van der Waals surface area contributed by atoms with Gasteiger partial charge >= 0.3 is 12.1 Å². The summed E-state index contributed by atoms with van der Waals surface area (Å²) in [6, 6.07) is -0.923. The molecule has 2 aliphatic heterocycles. The second-order valence-electron chi connectivity index (χ2n) is 5.91. The topological polar surface area (TPSA) is 78.9 Å². The van der Waals surface area contributed by atoms with Crippen LogP contribution in [0.4, 0.5) is 4.79 Å². The third-order valence-corrected chi connectivity index (χ3v) is 3.37. The van der Waals surface area contributed by atoms with E-state index in [1.165, 1.54) is 0 Å². The number of carboxylic acid groups (broad SMARTS) is 1. The summed E-state index contributed by atoms with van der Waals surface area (Å²) in [4.78, 5) is 24.9. The first kappa shape index (κ1) is 13.1. The first-order chi connectivity index (χ1) is 8.29. The molecular formula is C12H20N2O4. The van der Waals surface area contributed by atoms with E-state index in [2.05, 4.69) is 5.32 Å². The van der Waals surface area contributed by atoms with Crippen LogP contribution in [-0.4, -0.2) is 52.3 Å². The van der Waals surface area contributed by atoms with E-state index < -0.39 is 23.7 Å². The van der Waals surface area contributed by atoms with Gasteiger partial charge in [0.25, 0.3) is 0 Å². The van der Waals surface area contributed by atoms with E-state index in [9.17, 15) is 9.59 Å². The largest absolute Gasteiger partial charge is 0.480 e. The second kappa shape index (κ2) is 4.42. The Balaban J connectivity index is 2.13. The number of carboxylic acids is 1. The van der Waals surface area contributed by atoms with Gasteiger partial charge in [0, 0.05) is 12.6 Å². The van der Waals surface area contributed by atoms with Crippen LogP contribution in [0.3, 0.4) is 0 Å². The zero-order valence-electron chi connectivity index (χ0n) is 11.0. The normalized spacial score (nSPS) is 31.3. The Hall–Kier alpha value is -1.30. The Bertz CT molecular complexity index is 364.